The zero-order valence-electron chi connectivity index (χ0n) is 15.7. The molecule has 3 aromatic heterocycles. The van der Waals surface area contributed by atoms with Crippen LogP contribution in [0.15, 0.2) is 41.4 Å². The minimum Gasteiger partial charge on any atom is -0.339 e. The predicted octanol–water partition coefficient (Wildman–Crippen LogP) is 2.53. The Bertz CT molecular complexity index is 952. The Balaban J connectivity index is 1.23. The summed E-state index contributed by atoms with van der Waals surface area (Å²) in [4.78, 5) is 42.2. The van der Waals surface area contributed by atoms with Gasteiger partial charge in [-0.15, -0.1) is 22.7 Å². The molecule has 1 fully saturated rings. The first-order valence-electron chi connectivity index (χ1n) is 9.28. The van der Waals surface area contributed by atoms with Crippen molar-refractivity contribution in [2.24, 2.45) is 0 Å². The minimum absolute atomic E-state index is 0.121. The first-order valence-corrected chi connectivity index (χ1v) is 11.0. The van der Waals surface area contributed by atoms with Gasteiger partial charge in [0, 0.05) is 50.4 Å². The fraction of sp³-hybridized carbons (Fsp3) is 0.316. The lowest BCUT2D eigenvalue weighted by atomic mass is 10.2. The summed E-state index contributed by atoms with van der Waals surface area (Å²) in [5.41, 5.74) is 0.821. The topological polar surface area (TPSA) is 91.3 Å². The van der Waals surface area contributed by atoms with E-state index in [1.165, 1.54) is 22.7 Å². The molecule has 0 bridgehead atoms. The van der Waals surface area contributed by atoms with Crippen molar-refractivity contribution < 1.29 is 9.59 Å². The van der Waals surface area contributed by atoms with E-state index in [9.17, 15) is 9.59 Å². The molecule has 4 rings (SSSR count). The summed E-state index contributed by atoms with van der Waals surface area (Å²) in [7, 11) is 0. The average Bonchev–Trinajstić information content (AvgIpc) is 3.45. The summed E-state index contributed by atoms with van der Waals surface area (Å²) >= 11 is 2.77. The number of nitrogens with zero attached hydrogens (tertiary/aromatic N) is 5. The maximum Gasteiger partial charge on any atom is 0.267 e. The second-order valence-electron chi connectivity index (χ2n) is 6.49. The number of aromatic nitrogens is 3. The highest BCUT2D eigenvalue weighted by atomic mass is 32.1. The van der Waals surface area contributed by atoms with Gasteiger partial charge >= 0.3 is 0 Å². The van der Waals surface area contributed by atoms with Crippen LogP contribution in [0.25, 0.3) is 0 Å². The van der Waals surface area contributed by atoms with Crippen LogP contribution < -0.4 is 10.2 Å². The Hall–Kier alpha value is -2.85. The molecule has 0 unspecified atom stereocenters. The SMILES string of the molecule is O=C(Nc1nc(CCC(=O)N2CCN(c3ncccn3)CC2)cs1)c1cccs1. The van der Waals surface area contributed by atoms with Crippen LogP contribution >= 0.6 is 22.7 Å². The molecule has 4 heterocycles. The number of amides is 2. The number of hydrogen-bond donors (Lipinski definition) is 1. The molecule has 1 aliphatic heterocycles. The number of thiazole rings is 1. The number of piperazine rings is 1. The molecule has 150 valence electrons. The van der Waals surface area contributed by atoms with Crippen LogP contribution in [0.3, 0.4) is 0 Å². The van der Waals surface area contributed by atoms with E-state index in [-0.39, 0.29) is 11.8 Å². The minimum atomic E-state index is -0.155. The molecular formula is C19H20N6O2S2. The Morgan fingerprint density at radius 2 is 1.86 bits per heavy atom. The van der Waals surface area contributed by atoms with Gasteiger partial charge in [0.05, 0.1) is 10.6 Å². The Labute approximate surface area is 176 Å². The van der Waals surface area contributed by atoms with Crippen molar-refractivity contribution in [1.82, 2.24) is 19.9 Å². The second kappa shape index (κ2) is 9.10. The molecule has 8 nitrogen and oxygen atoms in total. The zero-order chi connectivity index (χ0) is 20.1. The number of nitrogens with one attached hydrogen (secondary N) is 1. The summed E-state index contributed by atoms with van der Waals surface area (Å²) < 4.78 is 0. The lowest BCUT2D eigenvalue weighted by Gasteiger charge is -2.34. The third-order valence-electron chi connectivity index (χ3n) is 4.58. The van der Waals surface area contributed by atoms with E-state index in [1.54, 1.807) is 24.5 Å². The van der Waals surface area contributed by atoms with Crippen LogP contribution in [0.2, 0.25) is 0 Å². The van der Waals surface area contributed by atoms with E-state index in [2.05, 4.69) is 25.2 Å². The van der Waals surface area contributed by atoms with E-state index in [0.717, 1.165) is 18.8 Å². The highest BCUT2D eigenvalue weighted by Gasteiger charge is 2.22. The van der Waals surface area contributed by atoms with Gasteiger partial charge in [0.1, 0.15) is 0 Å². The predicted molar refractivity (Wildman–Crippen MR) is 114 cm³/mol. The van der Waals surface area contributed by atoms with Gasteiger partial charge in [-0.2, -0.15) is 0 Å². The highest BCUT2D eigenvalue weighted by molar-refractivity contribution is 7.14. The Morgan fingerprint density at radius 3 is 2.59 bits per heavy atom. The number of carbonyl (C=O) groups is 2. The van der Waals surface area contributed by atoms with E-state index in [4.69, 9.17) is 0 Å². The molecule has 0 radical (unpaired) electrons. The number of anilines is 2. The number of thiophene rings is 1. The fourth-order valence-electron chi connectivity index (χ4n) is 3.05. The third kappa shape index (κ3) is 4.96. The van der Waals surface area contributed by atoms with Crippen molar-refractivity contribution in [1.29, 1.82) is 0 Å². The summed E-state index contributed by atoms with van der Waals surface area (Å²) in [5, 5.41) is 7.11. The van der Waals surface area contributed by atoms with Crippen molar-refractivity contribution in [3.05, 3.63) is 51.9 Å². The van der Waals surface area contributed by atoms with Crippen LogP contribution in [0, 0.1) is 0 Å². The molecule has 10 heteroatoms. The molecule has 3 aromatic rings. The van der Waals surface area contributed by atoms with Crippen molar-refractivity contribution >= 4 is 45.6 Å². The molecule has 1 saturated heterocycles. The quantitative estimate of drug-likeness (QED) is 0.649. The van der Waals surface area contributed by atoms with E-state index in [0.29, 0.717) is 41.9 Å². The summed E-state index contributed by atoms with van der Waals surface area (Å²) in [6.45, 7) is 2.78. The van der Waals surface area contributed by atoms with Crippen molar-refractivity contribution in [3.8, 4) is 0 Å². The van der Waals surface area contributed by atoms with Crippen molar-refractivity contribution in [2.45, 2.75) is 12.8 Å². The lowest BCUT2D eigenvalue weighted by molar-refractivity contribution is -0.131. The van der Waals surface area contributed by atoms with Crippen LogP contribution in [0.1, 0.15) is 21.8 Å². The molecule has 0 spiro atoms. The van der Waals surface area contributed by atoms with Crippen molar-refractivity contribution in [2.75, 3.05) is 36.4 Å². The van der Waals surface area contributed by atoms with Gasteiger partial charge in [0.2, 0.25) is 11.9 Å². The molecule has 2 amide bonds. The van der Waals surface area contributed by atoms with Crippen LogP contribution in [-0.4, -0.2) is 57.8 Å². The summed E-state index contributed by atoms with van der Waals surface area (Å²) in [5.74, 6) is 0.673. The number of hydrogen-bond acceptors (Lipinski definition) is 8. The number of rotatable bonds is 6. The normalized spacial score (nSPS) is 14.1. The van der Waals surface area contributed by atoms with Crippen LogP contribution in [0.4, 0.5) is 11.1 Å². The first-order chi connectivity index (χ1) is 14.2. The number of carbonyl (C=O) groups excluding carboxylic acids is 2. The van der Waals surface area contributed by atoms with Crippen LogP contribution in [-0.2, 0) is 11.2 Å². The van der Waals surface area contributed by atoms with Gasteiger partial charge in [0.25, 0.3) is 5.91 Å². The standard InChI is InChI=1S/C19H20N6O2S2/c26-16(24-8-10-25(11-9-24)18-20-6-2-7-21-18)5-4-14-13-29-19(22-14)23-17(27)15-3-1-12-28-15/h1-3,6-7,12-13H,4-5,8-11H2,(H,22,23,27). The van der Waals surface area contributed by atoms with Gasteiger partial charge in [-0.1, -0.05) is 6.07 Å². The number of aryl methyl sites for hydroxylation is 1. The van der Waals surface area contributed by atoms with Gasteiger partial charge in [-0.05, 0) is 23.9 Å². The molecule has 1 aliphatic rings. The largest absolute Gasteiger partial charge is 0.339 e. The highest BCUT2D eigenvalue weighted by Crippen LogP contribution is 2.19. The van der Waals surface area contributed by atoms with E-state index >= 15 is 0 Å². The molecule has 0 atom stereocenters. The van der Waals surface area contributed by atoms with Crippen LogP contribution in [0.5, 0.6) is 0 Å². The zero-order valence-corrected chi connectivity index (χ0v) is 17.3. The van der Waals surface area contributed by atoms with Gasteiger partial charge < -0.3 is 9.80 Å². The maximum atomic E-state index is 12.5. The van der Waals surface area contributed by atoms with E-state index in [1.807, 2.05) is 21.7 Å². The van der Waals surface area contributed by atoms with Crippen molar-refractivity contribution in [3.63, 3.8) is 0 Å². The second-order valence-corrected chi connectivity index (χ2v) is 8.30. The molecule has 29 heavy (non-hydrogen) atoms. The molecule has 1 N–H and O–H groups in total. The lowest BCUT2D eigenvalue weighted by Crippen LogP contribution is -2.49. The molecule has 0 aromatic carbocycles. The smallest absolute Gasteiger partial charge is 0.267 e. The van der Waals surface area contributed by atoms with Gasteiger partial charge in [-0.3, -0.25) is 14.9 Å². The maximum absolute atomic E-state index is 12.5. The fourth-order valence-corrected chi connectivity index (χ4v) is 4.41. The van der Waals surface area contributed by atoms with Gasteiger partial charge in [0.15, 0.2) is 5.13 Å². The average molecular weight is 429 g/mol. The van der Waals surface area contributed by atoms with E-state index < -0.39 is 0 Å². The molecular weight excluding hydrogens is 408 g/mol. The summed E-state index contributed by atoms with van der Waals surface area (Å²) in [6, 6.07) is 5.41. The molecule has 0 aliphatic carbocycles. The molecule has 0 saturated carbocycles. The summed E-state index contributed by atoms with van der Waals surface area (Å²) in [6.07, 6.45) is 4.42. The Kier molecular flexibility index (Phi) is 6.11. The monoisotopic (exact) mass is 428 g/mol. The first kappa shape index (κ1) is 19.5. The Morgan fingerprint density at radius 1 is 1.07 bits per heavy atom. The van der Waals surface area contributed by atoms with Gasteiger partial charge in [-0.25, -0.2) is 15.0 Å². The third-order valence-corrected chi connectivity index (χ3v) is 6.25.